The molecule has 1 aliphatic rings. The van der Waals surface area contributed by atoms with Crippen molar-refractivity contribution in [2.75, 3.05) is 32.1 Å². The highest BCUT2D eigenvalue weighted by molar-refractivity contribution is 7.85. The van der Waals surface area contributed by atoms with Gasteiger partial charge in [-0.25, -0.2) is 4.21 Å². The number of esters is 1. The van der Waals surface area contributed by atoms with Gasteiger partial charge in [0.1, 0.15) is 5.75 Å². The number of carbonyl (C=O) groups excluding carboxylic acids is 1. The number of benzene rings is 2. The highest BCUT2D eigenvalue weighted by Gasteiger charge is 2.28. The summed E-state index contributed by atoms with van der Waals surface area (Å²) >= 11 is 6.19. The number of anilines is 2. The highest BCUT2D eigenvalue weighted by atomic mass is 35.5. The van der Waals surface area contributed by atoms with Crippen molar-refractivity contribution in [1.82, 2.24) is 4.90 Å². The Balaban J connectivity index is 2.04. The molecule has 3 rings (SSSR count). The van der Waals surface area contributed by atoms with Crippen molar-refractivity contribution < 1.29 is 13.7 Å². The van der Waals surface area contributed by atoms with Crippen LogP contribution in [0.15, 0.2) is 46.2 Å². The smallest absolute Gasteiger partial charge is 0.308 e. The van der Waals surface area contributed by atoms with Crippen molar-refractivity contribution in [3.8, 4) is 5.75 Å². The lowest BCUT2D eigenvalue weighted by Gasteiger charge is -2.33. The summed E-state index contributed by atoms with van der Waals surface area (Å²) in [5.74, 6) is -0.00295. The molecule has 0 radical (unpaired) electrons. The minimum Gasteiger partial charge on any atom is -0.427 e. The number of nitrogens with zero attached hydrogens (tertiary/aromatic N) is 2. The first-order valence-corrected chi connectivity index (χ1v) is 9.85. The van der Waals surface area contributed by atoms with E-state index in [0.717, 1.165) is 30.9 Å². The molecule has 7 heteroatoms. The van der Waals surface area contributed by atoms with Crippen molar-refractivity contribution in [2.24, 2.45) is 0 Å². The molecule has 138 valence electrons. The summed E-state index contributed by atoms with van der Waals surface area (Å²) in [5, 5.41) is 0.610. The van der Waals surface area contributed by atoms with Gasteiger partial charge in [0.05, 0.1) is 32.0 Å². The van der Waals surface area contributed by atoms with E-state index in [1.165, 1.54) is 6.92 Å². The molecule has 5 nitrogen and oxygen atoms in total. The molecule has 0 aliphatic carbocycles. The minimum absolute atomic E-state index is 0.398. The fraction of sp³-hybridized carbons (Fsp3) is 0.316. The van der Waals surface area contributed by atoms with Gasteiger partial charge in [0.25, 0.3) is 0 Å². The van der Waals surface area contributed by atoms with Crippen molar-refractivity contribution in [1.29, 1.82) is 0 Å². The van der Waals surface area contributed by atoms with Gasteiger partial charge in [0.2, 0.25) is 0 Å². The Labute approximate surface area is 161 Å². The Morgan fingerprint density at radius 3 is 2.62 bits per heavy atom. The van der Waals surface area contributed by atoms with E-state index in [1.807, 2.05) is 26.2 Å². The maximum absolute atomic E-state index is 13.1. The fourth-order valence-electron chi connectivity index (χ4n) is 2.99. The minimum atomic E-state index is -1.36. The maximum atomic E-state index is 13.1. The molecule has 2 aromatic carbocycles. The van der Waals surface area contributed by atoms with Gasteiger partial charge in [0, 0.05) is 18.5 Å². The van der Waals surface area contributed by atoms with Gasteiger partial charge in [-0.15, -0.1) is 0 Å². The van der Waals surface area contributed by atoms with Crippen molar-refractivity contribution in [3.63, 3.8) is 0 Å². The average molecular weight is 393 g/mol. The molecular formula is C19H21ClN2O3S. The lowest BCUT2D eigenvalue weighted by molar-refractivity contribution is -0.131. The third kappa shape index (κ3) is 3.92. The summed E-state index contributed by atoms with van der Waals surface area (Å²) in [6, 6.07) is 10.7. The Kier molecular flexibility index (Phi) is 5.65. The van der Waals surface area contributed by atoms with Gasteiger partial charge < -0.3 is 14.5 Å². The number of carbonyl (C=O) groups is 1. The maximum Gasteiger partial charge on any atom is 0.308 e. The lowest BCUT2D eigenvalue weighted by Crippen LogP contribution is -2.27. The summed E-state index contributed by atoms with van der Waals surface area (Å²) in [7, 11) is 2.71. The van der Waals surface area contributed by atoms with Crippen LogP contribution in [0.1, 0.15) is 13.3 Å². The van der Waals surface area contributed by atoms with Gasteiger partial charge in [-0.3, -0.25) is 4.79 Å². The predicted octanol–water partition coefficient (Wildman–Crippen LogP) is 3.84. The summed E-state index contributed by atoms with van der Waals surface area (Å²) in [5.41, 5.74) is 1.72. The average Bonchev–Trinajstić information content (AvgIpc) is 2.57. The number of rotatable bonds is 5. The lowest BCUT2D eigenvalue weighted by atomic mass is 10.2. The van der Waals surface area contributed by atoms with Crippen molar-refractivity contribution in [3.05, 3.63) is 41.4 Å². The Bertz CT molecular complexity index is 870. The Morgan fingerprint density at radius 1 is 1.15 bits per heavy atom. The molecule has 1 atom stereocenters. The monoisotopic (exact) mass is 392 g/mol. The first kappa shape index (κ1) is 18.9. The molecule has 2 aromatic rings. The summed E-state index contributed by atoms with van der Waals surface area (Å²) in [6.07, 6.45) is 0.941. The van der Waals surface area contributed by atoms with E-state index in [0.29, 0.717) is 20.6 Å². The van der Waals surface area contributed by atoms with Crippen LogP contribution in [-0.4, -0.2) is 42.3 Å². The zero-order valence-corrected chi connectivity index (χ0v) is 16.6. The van der Waals surface area contributed by atoms with E-state index >= 15 is 0 Å². The van der Waals surface area contributed by atoms with Crippen molar-refractivity contribution in [2.45, 2.75) is 23.1 Å². The van der Waals surface area contributed by atoms with Crippen LogP contribution in [0.2, 0.25) is 5.02 Å². The molecule has 0 aromatic heterocycles. The second-order valence-corrected chi connectivity index (χ2v) is 8.27. The Morgan fingerprint density at radius 2 is 1.92 bits per heavy atom. The largest absolute Gasteiger partial charge is 0.427 e. The number of halogens is 1. The number of hydrogen-bond donors (Lipinski definition) is 0. The Hall–Kier alpha value is -1.89. The van der Waals surface area contributed by atoms with Crippen LogP contribution in [0, 0.1) is 0 Å². The quantitative estimate of drug-likeness (QED) is 0.571. The zero-order valence-electron chi connectivity index (χ0n) is 15.0. The molecule has 0 N–H and O–H groups in total. The third-order valence-electron chi connectivity index (χ3n) is 4.08. The number of ether oxygens (including phenoxy) is 1. The third-order valence-corrected chi connectivity index (χ3v) is 5.79. The number of hydrogen-bond acceptors (Lipinski definition) is 5. The van der Waals surface area contributed by atoms with E-state index in [4.69, 9.17) is 16.3 Å². The highest BCUT2D eigenvalue weighted by Crippen LogP contribution is 2.44. The molecule has 1 heterocycles. The second kappa shape index (κ2) is 7.78. The van der Waals surface area contributed by atoms with Crippen LogP contribution in [0.5, 0.6) is 5.75 Å². The normalized spacial score (nSPS) is 15.6. The standard InChI is InChI=1S/C19H21ClN2O3S/c1-13(23)25-15-6-7-16-19(12-15)26(24)18-8-5-14(20)11-17(18)22(16)10-4-9-21(2)3/h5-8,11-12H,4,9-10H2,1-3H3. The first-order chi connectivity index (χ1) is 12.4. The van der Waals surface area contributed by atoms with E-state index in [1.54, 1.807) is 24.3 Å². The molecule has 0 amide bonds. The molecule has 0 spiro atoms. The van der Waals surface area contributed by atoms with Crippen LogP contribution >= 0.6 is 11.6 Å². The summed E-state index contributed by atoms with van der Waals surface area (Å²) in [4.78, 5) is 16.9. The predicted molar refractivity (Wildman–Crippen MR) is 104 cm³/mol. The number of fused-ring (bicyclic) bond motifs is 2. The SMILES string of the molecule is CC(=O)Oc1ccc2c(c1)S(=O)c1ccc(Cl)cc1N2CCCN(C)C. The van der Waals surface area contributed by atoms with Gasteiger partial charge in [0.15, 0.2) is 0 Å². The van der Waals surface area contributed by atoms with Gasteiger partial charge in [-0.1, -0.05) is 11.6 Å². The molecule has 0 fully saturated rings. The first-order valence-electron chi connectivity index (χ1n) is 8.33. The van der Waals surface area contributed by atoms with Crippen LogP contribution < -0.4 is 9.64 Å². The van der Waals surface area contributed by atoms with Gasteiger partial charge in [-0.05, 0) is 63.5 Å². The van der Waals surface area contributed by atoms with Gasteiger partial charge >= 0.3 is 5.97 Å². The topological polar surface area (TPSA) is 49.9 Å². The van der Waals surface area contributed by atoms with Crippen molar-refractivity contribution >= 4 is 39.7 Å². The van der Waals surface area contributed by atoms with E-state index < -0.39 is 16.8 Å². The molecular weight excluding hydrogens is 372 g/mol. The van der Waals surface area contributed by atoms with Gasteiger partial charge in [-0.2, -0.15) is 0 Å². The summed E-state index contributed by atoms with van der Waals surface area (Å²) in [6.45, 7) is 3.06. The van der Waals surface area contributed by atoms with E-state index in [9.17, 15) is 9.00 Å². The second-order valence-electron chi connectivity index (χ2n) is 6.41. The fourth-order valence-corrected chi connectivity index (χ4v) is 4.53. The van der Waals surface area contributed by atoms with E-state index in [2.05, 4.69) is 9.80 Å². The van der Waals surface area contributed by atoms with Crippen LogP contribution in [0.25, 0.3) is 0 Å². The van der Waals surface area contributed by atoms with Crippen LogP contribution in [-0.2, 0) is 15.6 Å². The molecule has 26 heavy (non-hydrogen) atoms. The molecule has 1 unspecified atom stereocenters. The van der Waals surface area contributed by atoms with E-state index in [-0.39, 0.29) is 0 Å². The molecule has 0 bridgehead atoms. The molecule has 1 aliphatic heterocycles. The molecule has 0 saturated carbocycles. The zero-order chi connectivity index (χ0) is 18.8. The molecule has 0 saturated heterocycles. The summed E-state index contributed by atoms with van der Waals surface area (Å²) < 4.78 is 18.2. The van der Waals surface area contributed by atoms with Crippen LogP contribution in [0.4, 0.5) is 11.4 Å². The van der Waals surface area contributed by atoms with Crippen LogP contribution in [0.3, 0.4) is 0 Å².